The lowest BCUT2D eigenvalue weighted by atomic mass is 10.1. The van der Waals surface area contributed by atoms with E-state index in [9.17, 15) is 4.79 Å². The smallest absolute Gasteiger partial charge is 0.165 e. The van der Waals surface area contributed by atoms with Crippen LogP contribution in [0.15, 0.2) is 24.3 Å². The second kappa shape index (κ2) is 5.98. The van der Waals surface area contributed by atoms with Crippen molar-refractivity contribution in [3.05, 3.63) is 29.8 Å². The van der Waals surface area contributed by atoms with E-state index in [0.717, 1.165) is 11.3 Å². The van der Waals surface area contributed by atoms with Gasteiger partial charge < -0.3 is 14.2 Å². The van der Waals surface area contributed by atoms with Gasteiger partial charge in [0.25, 0.3) is 0 Å². The summed E-state index contributed by atoms with van der Waals surface area (Å²) in [5.41, 5.74) is 1.03. The highest BCUT2D eigenvalue weighted by Gasteiger charge is 2.25. The predicted molar refractivity (Wildman–Crippen MR) is 66.4 cm³/mol. The molecule has 0 spiro atoms. The van der Waals surface area contributed by atoms with E-state index >= 15 is 0 Å². The number of Topliss-reactive ketones (excluding diaryl/α,β-unsaturated/α-hetero) is 1. The molecule has 2 rings (SSSR count). The van der Waals surface area contributed by atoms with Crippen LogP contribution in [0.3, 0.4) is 0 Å². The molecule has 1 aliphatic rings. The number of rotatable bonds is 4. The second-order valence-corrected chi connectivity index (χ2v) is 4.48. The van der Waals surface area contributed by atoms with E-state index in [1.165, 1.54) is 0 Å². The summed E-state index contributed by atoms with van der Waals surface area (Å²) in [6.07, 6.45) is 0.374. The molecule has 98 valence electrons. The van der Waals surface area contributed by atoms with Crippen molar-refractivity contribution in [2.24, 2.45) is 0 Å². The van der Waals surface area contributed by atoms with Crippen molar-refractivity contribution < 1.29 is 19.0 Å². The fourth-order valence-corrected chi connectivity index (χ4v) is 1.95. The van der Waals surface area contributed by atoms with Crippen LogP contribution in [-0.4, -0.2) is 25.3 Å². The van der Waals surface area contributed by atoms with Crippen LogP contribution in [0.25, 0.3) is 0 Å². The normalized spacial score (nSPS) is 24.0. The molecule has 4 nitrogen and oxygen atoms in total. The van der Waals surface area contributed by atoms with E-state index in [1.807, 2.05) is 31.2 Å². The van der Waals surface area contributed by atoms with Crippen molar-refractivity contribution in [1.82, 2.24) is 0 Å². The van der Waals surface area contributed by atoms with Gasteiger partial charge in [0.05, 0.1) is 26.2 Å². The van der Waals surface area contributed by atoms with E-state index in [4.69, 9.17) is 14.2 Å². The minimum atomic E-state index is -0.414. The van der Waals surface area contributed by atoms with Crippen LogP contribution in [0.2, 0.25) is 0 Å². The minimum Gasteiger partial charge on any atom is -0.497 e. The Morgan fingerprint density at radius 2 is 2.00 bits per heavy atom. The van der Waals surface area contributed by atoms with Crippen LogP contribution >= 0.6 is 0 Å². The van der Waals surface area contributed by atoms with E-state index in [1.54, 1.807) is 7.11 Å². The summed E-state index contributed by atoms with van der Waals surface area (Å²) < 4.78 is 16.2. The summed E-state index contributed by atoms with van der Waals surface area (Å²) in [4.78, 5) is 11.4. The zero-order chi connectivity index (χ0) is 13.0. The summed E-state index contributed by atoms with van der Waals surface area (Å²) in [7, 11) is 1.63. The van der Waals surface area contributed by atoms with Crippen LogP contribution in [0.1, 0.15) is 25.3 Å². The summed E-state index contributed by atoms with van der Waals surface area (Å²) in [5, 5.41) is 0. The number of hydrogen-bond acceptors (Lipinski definition) is 4. The molecule has 1 fully saturated rings. The van der Waals surface area contributed by atoms with Gasteiger partial charge in [-0.25, -0.2) is 0 Å². The number of ether oxygens (including phenoxy) is 3. The Morgan fingerprint density at radius 1 is 1.28 bits per heavy atom. The average molecular weight is 250 g/mol. The molecule has 1 aliphatic heterocycles. The lowest BCUT2D eigenvalue weighted by Crippen LogP contribution is -2.33. The van der Waals surface area contributed by atoms with Gasteiger partial charge in [-0.15, -0.1) is 0 Å². The van der Waals surface area contributed by atoms with Crippen molar-refractivity contribution in [3.63, 3.8) is 0 Å². The molecule has 0 amide bonds. The van der Waals surface area contributed by atoms with Gasteiger partial charge in [0, 0.05) is 6.42 Å². The lowest BCUT2D eigenvalue weighted by molar-refractivity contribution is -0.195. The lowest BCUT2D eigenvalue weighted by Gasteiger charge is -2.26. The van der Waals surface area contributed by atoms with Gasteiger partial charge in [-0.05, 0) is 24.6 Å². The SMILES string of the molecule is COc1ccc(CO[C@H]2CC(=O)C[C@@H](C)O2)cc1. The fourth-order valence-electron chi connectivity index (χ4n) is 1.95. The Balaban J connectivity index is 1.84. The highest BCUT2D eigenvalue weighted by molar-refractivity contribution is 5.79. The average Bonchev–Trinajstić information content (AvgIpc) is 2.36. The number of benzene rings is 1. The number of carbonyl (C=O) groups excluding carboxylic acids is 1. The highest BCUT2D eigenvalue weighted by atomic mass is 16.7. The fraction of sp³-hybridized carbons (Fsp3) is 0.500. The molecule has 0 bridgehead atoms. The first kappa shape index (κ1) is 13.1. The summed E-state index contributed by atoms with van der Waals surface area (Å²) in [5.74, 6) is 1.02. The Hall–Kier alpha value is -1.39. The van der Waals surface area contributed by atoms with Crippen LogP contribution in [-0.2, 0) is 20.9 Å². The molecular formula is C14H18O4. The zero-order valence-corrected chi connectivity index (χ0v) is 10.7. The third kappa shape index (κ3) is 3.55. The van der Waals surface area contributed by atoms with E-state index in [0.29, 0.717) is 19.4 Å². The number of ketones is 1. The molecule has 0 saturated carbocycles. The monoisotopic (exact) mass is 250 g/mol. The maximum Gasteiger partial charge on any atom is 0.165 e. The van der Waals surface area contributed by atoms with Gasteiger partial charge in [0.2, 0.25) is 0 Å². The largest absolute Gasteiger partial charge is 0.497 e. The zero-order valence-electron chi connectivity index (χ0n) is 10.7. The highest BCUT2D eigenvalue weighted by Crippen LogP contribution is 2.19. The third-order valence-electron chi connectivity index (χ3n) is 2.89. The molecule has 0 unspecified atom stereocenters. The van der Waals surface area contributed by atoms with E-state index in [2.05, 4.69) is 0 Å². The quantitative estimate of drug-likeness (QED) is 0.822. The van der Waals surface area contributed by atoms with Crippen molar-refractivity contribution in [2.75, 3.05) is 7.11 Å². The summed E-state index contributed by atoms with van der Waals surface area (Å²) in [6, 6.07) is 7.64. The maximum absolute atomic E-state index is 11.4. The first-order chi connectivity index (χ1) is 8.67. The molecule has 4 heteroatoms. The van der Waals surface area contributed by atoms with E-state index in [-0.39, 0.29) is 11.9 Å². The number of methoxy groups -OCH3 is 1. The predicted octanol–water partition coefficient (Wildman–Crippen LogP) is 2.31. The summed E-state index contributed by atoms with van der Waals surface area (Å²) >= 11 is 0. The molecule has 0 aromatic heterocycles. The molecule has 0 radical (unpaired) electrons. The van der Waals surface area contributed by atoms with Crippen LogP contribution in [0, 0.1) is 0 Å². The van der Waals surface area contributed by atoms with Gasteiger partial charge in [-0.2, -0.15) is 0 Å². The number of hydrogen-bond donors (Lipinski definition) is 0. The second-order valence-electron chi connectivity index (χ2n) is 4.48. The molecule has 1 aromatic carbocycles. The number of carbonyl (C=O) groups is 1. The minimum absolute atomic E-state index is 0.0490. The standard InChI is InChI=1S/C14H18O4/c1-10-7-12(15)8-14(18-10)17-9-11-3-5-13(16-2)6-4-11/h3-6,10,14H,7-9H2,1-2H3/t10-,14-/m1/s1. The van der Waals surface area contributed by atoms with E-state index < -0.39 is 6.29 Å². The first-order valence-electron chi connectivity index (χ1n) is 6.09. The Labute approximate surface area is 107 Å². The van der Waals surface area contributed by atoms with Gasteiger partial charge in [0.15, 0.2) is 6.29 Å². The van der Waals surface area contributed by atoms with Crippen molar-refractivity contribution >= 4 is 5.78 Å². The maximum atomic E-state index is 11.4. The molecule has 18 heavy (non-hydrogen) atoms. The van der Waals surface area contributed by atoms with Gasteiger partial charge >= 0.3 is 0 Å². The molecule has 1 saturated heterocycles. The molecule has 1 heterocycles. The topological polar surface area (TPSA) is 44.8 Å². The molecule has 0 aliphatic carbocycles. The molecule has 1 aromatic rings. The first-order valence-corrected chi connectivity index (χ1v) is 6.09. The molecule has 2 atom stereocenters. The van der Waals surface area contributed by atoms with Crippen LogP contribution in [0.5, 0.6) is 5.75 Å². The van der Waals surface area contributed by atoms with Crippen LogP contribution < -0.4 is 4.74 Å². The third-order valence-corrected chi connectivity index (χ3v) is 2.89. The van der Waals surface area contributed by atoms with Gasteiger partial charge in [-0.1, -0.05) is 12.1 Å². The Kier molecular flexibility index (Phi) is 4.33. The van der Waals surface area contributed by atoms with Crippen molar-refractivity contribution in [1.29, 1.82) is 0 Å². The Morgan fingerprint density at radius 3 is 2.61 bits per heavy atom. The van der Waals surface area contributed by atoms with Gasteiger partial charge in [0.1, 0.15) is 11.5 Å². The molecule has 0 N–H and O–H groups in total. The molecular weight excluding hydrogens is 232 g/mol. The van der Waals surface area contributed by atoms with Crippen molar-refractivity contribution in [2.45, 2.75) is 38.8 Å². The van der Waals surface area contributed by atoms with Crippen LogP contribution in [0.4, 0.5) is 0 Å². The van der Waals surface area contributed by atoms with Crippen molar-refractivity contribution in [3.8, 4) is 5.75 Å². The summed E-state index contributed by atoms with van der Waals surface area (Å²) in [6.45, 7) is 2.33. The Bertz CT molecular complexity index is 399. The van der Waals surface area contributed by atoms with Gasteiger partial charge in [-0.3, -0.25) is 4.79 Å².